The van der Waals surface area contributed by atoms with Crippen LogP contribution in [0.1, 0.15) is 43.1 Å². The molecule has 184 valence electrons. The number of benzene rings is 1. The van der Waals surface area contributed by atoms with E-state index in [9.17, 15) is 9.59 Å². The highest BCUT2D eigenvalue weighted by Gasteiger charge is 2.28. The topological polar surface area (TPSA) is 84.0 Å². The number of pyridine rings is 1. The van der Waals surface area contributed by atoms with E-state index in [4.69, 9.17) is 9.47 Å². The smallest absolute Gasteiger partial charge is 0.257 e. The Labute approximate surface area is 202 Å². The molecule has 3 atom stereocenters. The largest absolute Gasteiger partial charge is 0.491 e. The van der Waals surface area contributed by atoms with Crippen molar-refractivity contribution in [2.75, 3.05) is 39.2 Å². The Morgan fingerprint density at radius 3 is 2.62 bits per heavy atom. The minimum Gasteiger partial charge on any atom is -0.491 e. The first-order chi connectivity index (χ1) is 16.3. The molecule has 2 amide bonds. The lowest BCUT2D eigenvalue weighted by Gasteiger charge is -2.36. The molecule has 0 bridgehead atoms. The first kappa shape index (κ1) is 25.6. The Hall–Kier alpha value is -2.97. The fourth-order valence-corrected chi connectivity index (χ4v) is 4.12. The number of carbonyl (C=O) groups is 2. The Kier molecular flexibility index (Phi) is 9.01. The molecule has 2 heterocycles. The van der Waals surface area contributed by atoms with Crippen molar-refractivity contribution in [1.82, 2.24) is 14.8 Å². The molecule has 8 heteroatoms. The number of likely N-dealkylation sites (N-methyl/N-ethyl adjacent to an activating group) is 1. The van der Waals surface area contributed by atoms with Crippen LogP contribution in [0.5, 0.6) is 5.75 Å². The summed E-state index contributed by atoms with van der Waals surface area (Å²) < 4.78 is 12.0. The van der Waals surface area contributed by atoms with Crippen molar-refractivity contribution in [2.24, 2.45) is 5.92 Å². The second kappa shape index (κ2) is 11.9. The summed E-state index contributed by atoms with van der Waals surface area (Å²) in [6, 6.07) is 9.36. The number of rotatable bonds is 5. The van der Waals surface area contributed by atoms with Gasteiger partial charge in [0.1, 0.15) is 12.4 Å². The SMILES string of the molecule is CCC(=O)Nc1ccc2c(c1)C(=O)N(C)C[C@H](OC)[C@@H](C)CN(Cc1ccncc1)[C@H](C)CO2. The van der Waals surface area contributed by atoms with Gasteiger partial charge in [-0.3, -0.25) is 19.5 Å². The van der Waals surface area contributed by atoms with Crippen LogP contribution in [-0.2, 0) is 16.1 Å². The van der Waals surface area contributed by atoms with E-state index in [0.29, 0.717) is 36.6 Å². The molecule has 0 radical (unpaired) electrons. The molecule has 0 saturated heterocycles. The number of methoxy groups -OCH3 is 1. The average molecular weight is 469 g/mol. The molecule has 0 aliphatic carbocycles. The predicted octanol–water partition coefficient (Wildman–Crippen LogP) is 3.44. The van der Waals surface area contributed by atoms with Gasteiger partial charge in [0.25, 0.3) is 5.91 Å². The maximum atomic E-state index is 13.4. The van der Waals surface area contributed by atoms with Crippen LogP contribution < -0.4 is 10.1 Å². The number of ether oxygens (including phenoxy) is 2. The molecular weight excluding hydrogens is 432 g/mol. The first-order valence-corrected chi connectivity index (χ1v) is 11.8. The van der Waals surface area contributed by atoms with Crippen molar-refractivity contribution < 1.29 is 19.1 Å². The number of nitrogens with one attached hydrogen (secondary N) is 1. The van der Waals surface area contributed by atoms with E-state index in [-0.39, 0.29) is 29.9 Å². The van der Waals surface area contributed by atoms with Crippen molar-refractivity contribution in [2.45, 2.75) is 45.9 Å². The maximum Gasteiger partial charge on any atom is 0.257 e. The number of hydrogen-bond acceptors (Lipinski definition) is 6. The summed E-state index contributed by atoms with van der Waals surface area (Å²) in [6.45, 7) is 8.48. The van der Waals surface area contributed by atoms with E-state index in [1.54, 1.807) is 56.6 Å². The minimum absolute atomic E-state index is 0.0905. The highest BCUT2D eigenvalue weighted by atomic mass is 16.5. The second-order valence-corrected chi connectivity index (χ2v) is 8.99. The lowest BCUT2D eigenvalue weighted by Crippen LogP contribution is -2.46. The molecule has 0 unspecified atom stereocenters. The molecule has 0 spiro atoms. The zero-order valence-corrected chi connectivity index (χ0v) is 20.8. The van der Waals surface area contributed by atoms with Gasteiger partial charge in [0.2, 0.25) is 5.91 Å². The van der Waals surface area contributed by atoms with Gasteiger partial charge in [0.15, 0.2) is 0 Å². The van der Waals surface area contributed by atoms with Crippen molar-refractivity contribution >= 4 is 17.5 Å². The number of nitrogens with zero attached hydrogens (tertiary/aromatic N) is 3. The Morgan fingerprint density at radius 1 is 1.21 bits per heavy atom. The van der Waals surface area contributed by atoms with Gasteiger partial charge in [-0.2, -0.15) is 0 Å². The Balaban J connectivity index is 1.93. The molecule has 34 heavy (non-hydrogen) atoms. The van der Waals surface area contributed by atoms with Crippen LogP contribution in [0, 0.1) is 5.92 Å². The monoisotopic (exact) mass is 468 g/mol. The summed E-state index contributed by atoms with van der Waals surface area (Å²) in [5, 5.41) is 2.83. The summed E-state index contributed by atoms with van der Waals surface area (Å²) >= 11 is 0. The molecule has 2 aromatic rings. The molecular formula is C26H36N4O4. The van der Waals surface area contributed by atoms with E-state index >= 15 is 0 Å². The van der Waals surface area contributed by atoms with Gasteiger partial charge in [-0.1, -0.05) is 13.8 Å². The summed E-state index contributed by atoms with van der Waals surface area (Å²) in [7, 11) is 3.46. The van der Waals surface area contributed by atoms with E-state index in [1.807, 2.05) is 12.1 Å². The number of fused-ring (bicyclic) bond motifs is 1. The van der Waals surface area contributed by atoms with Crippen LogP contribution in [-0.4, -0.2) is 72.6 Å². The fraction of sp³-hybridized carbons (Fsp3) is 0.500. The lowest BCUT2D eigenvalue weighted by atomic mass is 10.0. The van der Waals surface area contributed by atoms with Gasteiger partial charge in [-0.25, -0.2) is 0 Å². The van der Waals surface area contributed by atoms with Gasteiger partial charge in [0.05, 0.1) is 11.7 Å². The standard InChI is InChI=1S/C26H36N4O4/c1-6-25(31)28-21-7-8-23-22(13-21)26(32)29(4)16-24(33-5)18(2)14-30(19(3)17-34-23)15-20-9-11-27-12-10-20/h7-13,18-19,24H,6,14-17H2,1-5H3,(H,28,31)/t18-,19+,24-/m0/s1. The quantitative estimate of drug-likeness (QED) is 0.724. The van der Waals surface area contributed by atoms with Crippen LogP contribution in [0.2, 0.25) is 0 Å². The number of hydrogen-bond donors (Lipinski definition) is 1. The van der Waals surface area contributed by atoms with Gasteiger partial charge in [0, 0.05) is 64.3 Å². The number of amides is 2. The van der Waals surface area contributed by atoms with E-state index in [0.717, 1.165) is 13.1 Å². The van der Waals surface area contributed by atoms with E-state index < -0.39 is 0 Å². The minimum atomic E-state index is -0.168. The normalized spacial score (nSPS) is 22.2. The highest BCUT2D eigenvalue weighted by molar-refractivity contribution is 5.99. The lowest BCUT2D eigenvalue weighted by molar-refractivity contribution is -0.115. The molecule has 8 nitrogen and oxygen atoms in total. The van der Waals surface area contributed by atoms with Gasteiger partial charge in [-0.15, -0.1) is 0 Å². The Bertz CT molecular complexity index is 969. The van der Waals surface area contributed by atoms with Crippen molar-refractivity contribution in [3.05, 3.63) is 53.9 Å². The molecule has 0 saturated carbocycles. The number of aromatic nitrogens is 1. The van der Waals surface area contributed by atoms with Crippen LogP contribution in [0.15, 0.2) is 42.7 Å². The van der Waals surface area contributed by atoms with Crippen LogP contribution in [0.3, 0.4) is 0 Å². The molecule has 1 N–H and O–H groups in total. The molecule has 0 fully saturated rings. The van der Waals surface area contributed by atoms with Crippen molar-refractivity contribution in [3.8, 4) is 5.75 Å². The molecule has 1 aliphatic heterocycles. The number of carbonyl (C=O) groups excluding carboxylic acids is 2. The third kappa shape index (κ3) is 6.55. The average Bonchev–Trinajstić information content (AvgIpc) is 2.85. The first-order valence-electron chi connectivity index (χ1n) is 11.8. The van der Waals surface area contributed by atoms with Gasteiger partial charge < -0.3 is 19.7 Å². The van der Waals surface area contributed by atoms with Crippen LogP contribution in [0.4, 0.5) is 5.69 Å². The van der Waals surface area contributed by atoms with Crippen molar-refractivity contribution in [3.63, 3.8) is 0 Å². The summed E-state index contributed by atoms with van der Waals surface area (Å²) in [5.41, 5.74) is 2.18. The van der Waals surface area contributed by atoms with Gasteiger partial charge in [-0.05, 0) is 48.7 Å². The Morgan fingerprint density at radius 2 is 1.94 bits per heavy atom. The van der Waals surface area contributed by atoms with Gasteiger partial charge >= 0.3 is 0 Å². The molecule has 3 rings (SSSR count). The summed E-state index contributed by atoms with van der Waals surface area (Å²) in [6.07, 6.45) is 3.84. The highest BCUT2D eigenvalue weighted by Crippen LogP contribution is 2.27. The molecule has 1 aliphatic rings. The summed E-state index contributed by atoms with van der Waals surface area (Å²) in [4.78, 5) is 33.4. The third-order valence-corrected chi connectivity index (χ3v) is 6.31. The van der Waals surface area contributed by atoms with Crippen LogP contribution in [0.25, 0.3) is 0 Å². The third-order valence-electron chi connectivity index (χ3n) is 6.31. The molecule has 1 aromatic carbocycles. The van der Waals surface area contributed by atoms with Crippen LogP contribution >= 0.6 is 0 Å². The molecule has 1 aromatic heterocycles. The maximum absolute atomic E-state index is 13.4. The number of anilines is 1. The zero-order valence-electron chi connectivity index (χ0n) is 20.8. The van der Waals surface area contributed by atoms with E-state index in [1.165, 1.54) is 5.56 Å². The van der Waals surface area contributed by atoms with E-state index in [2.05, 4.69) is 29.0 Å². The summed E-state index contributed by atoms with van der Waals surface area (Å²) in [5.74, 6) is 0.408. The fourth-order valence-electron chi connectivity index (χ4n) is 4.12. The predicted molar refractivity (Wildman–Crippen MR) is 132 cm³/mol. The zero-order chi connectivity index (χ0) is 24.7. The second-order valence-electron chi connectivity index (χ2n) is 8.99. The van der Waals surface area contributed by atoms with Crippen molar-refractivity contribution in [1.29, 1.82) is 0 Å².